The maximum absolute atomic E-state index is 14.9. The molecule has 1 aromatic heterocycles. The Morgan fingerprint density at radius 2 is 1.71 bits per heavy atom. The number of ether oxygens (including phenoxy) is 1. The summed E-state index contributed by atoms with van der Waals surface area (Å²) in [5, 5.41) is 0. The molecule has 1 heterocycles. The molecule has 3 rings (SSSR count). The van der Waals surface area contributed by atoms with Gasteiger partial charge in [0, 0.05) is 17.2 Å². The number of aromatic nitrogens is 1. The first kappa shape index (κ1) is 19.8. The average molecular weight is 375 g/mol. The minimum Gasteiger partial charge on any atom is -0.497 e. The summed E-state index contributed by atoms with van der Waals surface area (Å²) in [6.07, 6.45) is 4.95. The fourth-order valence-corrected chi connectivity index (χ4v) is 2.99. The van der Waals surface area contributed by atoms with Crippen LogP contribution in [0.15, 0.2) is 78.8 Å². The molecule has 144 valence electrons. The predicted octanol–water partition coefficient (Wildman–Crippen LogP) is 6.73. The number of hydrogen-bond acceptors (Lipinski definition) is 2. The second kappa shape index (κ2) is 8.83. The fraction of sp³-hybridized carbons (Fsp3) is 0.240. The molecule has 2 aromatic carbocycles. The molecule has 0 atom stereocenters. The molecule has 0 fully saturated rings. The number of benzene rings is 2. The van der Waals surface area contributed by atoms with E-state index in [0.717, 1.165) is 35.4 Å². The Morgan fingerprint density at radius 3 is 2.32 bits per heavy atom. The molecular formula is C25H26FNO. The van der Waals surface area contributed by atoms with Gasteiger partial charge < -0.3 is 4.74 Å². The summed E-state index contributed by atoms with van der Waals surface area (Å²) in [5.41, 5.74) is 3.45. The van der Waals surface area contributed by atoms with E-state index in [-0.39, 0.29) is 5.83 Å². The molecule has 0 aliphatic rings. The number of nitrogens with zero attached hydrogens (tertiary/aromatic N) is 1. The highest BCUT2D eigenvalue weighted by molar-refractivity contribution is 5.62. The highest BCUT2D eigenvalue weighted by atomic mass is 19.1. The molecule has 0 spiro atoms. The minimum absolute atomic E-state index is 0.105. The Labute approximate surface area is 166 Å². The summed E-state index contributed by atoms with van der Waals surface area (Å²) >= 11 is 0. The Hall–Kier alpha value is -2.94. The van der Waals surface area contributed by atoms with E-state index in [9.17, 15) is 4.39 Å². The van der Waals surface area contributed by atoms with Gasteiger partial charge in [-0.1, -0.05) is 56.3 Å². The van der Waals surface area contributed by atoms with Gasteiger partial charge in [0.15, 0.2) is 0 Å². The van der Waals surface area contributed by atoms with Crippen LogP contribution in [0.2, 0.25) is 0 Å². The van der Waals surface area contributed by atoms with Crippen LogP contribution in [0.3, 0.4) is 0 Å². The van der Waals surface area contributed by atoms with Crippen molar-refractivity contribution >= 4 is 6.08 Å². The number of pyridine rings is 1. The van der Waals surface area contributed by atoms with Crippen molar-refractivity contribution < 1.29 is 9.13 Å². The second-order valence-corrected chi connectivity index (χ2v) is 7.56. The van der Waals surface area contributed by atoms with E-state index in [0.29, 0.717) is 0 Å². The van der Waals surface area contributed by atoms with Crippen molar-refractivity contribution in [3.8, 4) is 17.0 Å². The van der Waals surface area contributed by atoms with Gasteiger partial charge in [-0.25, -0.2) is 4.39 Å². The molecule has 0 aliphatic heterocycles. The Balaban J connectivity index is 1.66. The van der Waals surface area contributed by atoms with Crippen LogP contribution < -0.4 is 4.74 Å². The fourth-order valence-electron chi connectivity index (χ4n) is 2.99. The molecule has 2 nitrogen and oxygen atoms in total. The van der Waals surface area contributed by atoms with Crippen molar-refractivity contribution in [3.63, 3.8) is 0 Å². The summed E-state index contributed by atoms with van der Waals surface area (Å²) in [4.78, 5) is 4.35. The van der Waals surface area contributed by atoms with Crippen LogP contribution >= 0.6 is 0 Å². The summed E-state index contributed by atoms with van der Waals surface area (Å²) in [6, 6.07) is 21.6. The van der Waals surface area contributed by atoms with Crippen LogP contribution in [0.25, 0.3) is 17.3 Å². The molecule has 0 saturated heterocycles. The Bertz CT molecular complexity index is 913. The molecule has 0 amide bonds. The van der Waals surface area contributed by atoms with E-state index < -0.39 is 5.41 Å². The van der Waals surface area contributed by atoms with E-state index in [1.807, 2.05) is 80.6 Å². The van der Waals surface area contributed by atoms with Gasteiger partial charge in [-0.3, -0.25) is 4.98 Å². The Kier molecular flexibility index (Phi) is 6.25. The first-order chi connectivity index (χ1) is 13.5. The highest BCUT2D eigenvalue weighted by Crippen LogP contribution is 2.34. The van der Waals surface area contributed by atoms with Crippen molar-refractivity contribution in [3.05, 3.63) is 89.9 Å². The van der Waals surface area contributed by atoms with Gasteiger partial charge in [0.1, 0.15) is 11.6 Å². The number of rotatable bonds is 7. The third-order valence-corrected chi connectivity index (χ3v) is 5.01. The lowest BCUT2D eigenvalue weighted by Crippen LogP contribution is -2.13. The lowest BCUT2D eigenvalue weighted by Gasteiger charge is -2.23. The summed E-state index contributed by atoms with van der Waals surface area (Å²) in [5.74, 6) is 0.731. The Morgan fingerprint density at radius 1 is 1.00 bits per heavy atom. The molecule has 0 aliphatic carbocycles. The van der Waals surface area contributed by atoms with Gasteiger partial charge in [0.2, 0.25) is 0 Å². The average Bonchev–Trinajstić information content (AvgIpc) is 2.74. The highest BCUT2D eigenvalue weighted by Gasteiger charge is 2.23. The van der Waals surface area contributed by atoms with E-state index in [1.165, 1.54) is 5.56 Å². The number of allylic oxidation sites excluding steroid dienone is 1. The molecule has 0 radical (unpaired) electrons. The monoisotopic (exact) mass is 375 g/mol. The van der Waals surface area contributed by atoms with Crippen LogP contribution in [0.5, 0.6) is 5.75 Å². The van der Waals surface area contributed by atoms with Gasteiger partial charge in [0.25, 0.3) is 0 Å². The molecule has 3 aromatic rings. The molecule has 0 bridgehead atoms. The van der Waals surface area contributed by atoms with Gasteiger partial charge >= 0.3 is 0 Å². The third-order valence-electron chi connectivity index (χ3n) is 5.01. The van der Waals surface area contributed by atoms with E-state index in [4.69, 9.17) is 4.74 Å². The molecule has 3 heteroatoms. The number of methoxy groups -OCH3 is 1. The first-order valence-electron chi connectivity index (χ1n) is 9.50. The van der Waals surface area contributed by atoms with Crippen LogP contribution in [-0.4, -0.2) is 12.1 Å². The van der Waals surface area contributed by atoms with Crippen LogP contribution in [-0.2, 0) is 6.42 Å². The summed E-state index contributed by atoms with van der Waals surface area (Å²) in [7, 11) is 1.65. The first-order valence-corrected chi connectivity index (χ1v) is 9.50. The predicted molar refractivity (Wildman–Crippen MR) is 114 cm³/mol. The van der Waals surface area contributed by atoms with Crippen molar-refractivity contribution in [2.45, 2.75) is 26.7 Å². The van der Waals surface area contributed by atoms with Crippen LogP contribution in [0, 0.1) is 5.41 Å². The van der Waals surface area contributed by atoms with Crippen molar-refractivity contribution in [2.75, 3.05) is 7.11 Å². The molecule has 0 saturated carbocycles. The summed E-state index contributed by atoms with van der Waals surface area (Å²) in [6.45, 7) is 3.90. The number of aryl methyl sites for hydroxylation is 1. The van der Waals surface area contributed by atoms with Crippen molar-refractivity contribution in [2.24, 2.45) is 5.41 Å². The van der Waals surface area contributed by atoms with Gasteiger partial charge in [-0.15, -0.1) is 0 Å². The number of halogens is 1. The van der Waals surface area contributed by atoms with Crippen molar-refractivity contribution in [1.82, 2.24) is 4.98 Å². The maximum Gasteiger partial charge on any atom is 0.118 e. The topological polar surface area (TPSA) is 22.1 Å². The van der Waals surface area contributed by atoms with Gasteiger partial charge in [-0.2, -0.15) is 0 Å². The van der Waals surface area contributed by atoms with E-state index >= 15 is 0 Å². The quantitative estimate of drug-likeness (QED) is 0.457. The largest absolute Gasteiger partial charge is 0.497 e. The molecular weight excluding hydrogens is 349 g/mol. The second-order valence-electron chi connectivity index (χ2n) is 7.56. The zero-order valence-corrected chi connectivity index (χ0v) is 16.7. The maximum atomic E-state index is 14.9. The third kappa shape index (κ3) is 5.07. The van der Waals surface area contributed by atoms with Gasteiger partial charge in [0.05, 0.1) is 12.8 Å². The van der Waals surface area contributed by atoms with E-state index in [2.05, 4.69) is 4.98 Å². The molecule has 28 heavy (non-hydrogen) atoms. The van der Waals surface area contributed by atoms with Gasteiger partial charge in [-0.05, 0) is 54.3 Å². The lowest BCUT2D eigenvalue weighted by molar-refractivity contribution is 0.329. The van der Waals surface area contributed by atoms with E-state index in [1.54, 1.807) is 19.4 Å². The smallest absolute Gasteiger partial charge is 0.118 e. The number of hydrogen-bond donors (Lipinski definition) is 0. The standard InChI is InChI=1S/C25H26FNO/c1-25(2,16-15-19-9-13-22(28-3)14-10-19)24(26)18-20-7-11-21(12-8-20)23-6-4-5-17-27-23/h4-14,17-18H,15-16H2,1-3H3/b24-18-. The molecule has 0 N–H and O–H groups in total. The zero-order chi connectivity index (χ0) is 20.0. The lowest BCUT2D eigenvalue weighted by atomic mass is 9.84. The molecule has 0 unspecified atom stereocenters. The van der Waals surface area contributed by atoms with Crippen molar-refractivity contribution in [1.29, 1.82) is 0 Å². The normalized spacial score (nSPS) is 12.1. The summed E-state index contributed by atoms with van der Waals surface area (Å²) < 4.78 is 20.1. The zero-order valence-electron chi connectivity index (χ0n) is 16.7. The minimum atomic E-state index is -0.528. The van der Waals surface area contributed by atoms with Crippen LogP contribution in [0.1, 0.15) is 31.4 Å². The van der Waals surface area contributed by atoms with Crippen LogP contribution in [0.4, 0.5) is 4.39 Å². The SMILES string of the molecule is COc1ccc(CCC(C)(C)/C(F)=C/c2ccc(-c3ccccn3)cc2)cc1.